The molecule has 0 aliphatic carbocycles. The number of aryl methyl sites for hydroxylation is 2. The minimum Gasteiger partial charge on any atom is -0.361 e. The summed E-state index contributed by atoms with van der Waals surface area (Å²) in [5.74, 6) is 1.84. The molecule has 0 atom stereocenters. The molecule has 0 aromatic carbocycles. The molecule has 2 aromatic rings. The van der Waals surface area contributed by atoms with Gasteiger partial charge in [0.1, 0.15) is 5.76 Å². The van der Waals surface area contributed by atoms with Crippen molar-refractivity contribution in [3.8, 4) is 0 Å². The number of hydrogen-bond donors (Lipinski definition) is 1. The van der Waals surface area contributed by atoms with Crippen LogP contribution in [-0.4, -0.2) is 58.7 Å². The molecule has 0 bridgehead atoms. The number of halogens is 1. The summed E-state index contributed by atoms with van der Waals surface area (Å²) in [7, 11) is 3.90. The number of hydrogen-bond acceptors (Lipinski definition) is 4. The summed E-state index contributed by atoms with van der Waals surface area (Å²) in [6.45, 7) is 7.48. The van der Waals surface area contributed by atoms with Crippen LogP contribution in [0.15, 0.2) is 33.9 Å². The molecule has 25 heavy (non-hydrogen) atoms. The molecule has 7 nitrogen and oxygen atoms in total. The third-order valence-corrected chi connectivity index (χ3v) is 4.42. The van der Waals surface area contributed by atoms with Crippen LogP contribution in [0.2, 0.25) is 0 Å². The van der Waals surface area contributed by atoms with Gasteiger partial charge in [-0.15, -0.1) is 24.0 Å². The predicted molar refractivity (Wildman–Crippen MR) is 109 cm³/mol. The highest BCUT2D eigenvalue weighted by Gasteiger charge is 2.20. The highest BCUT2D eigenvalue weighted by Crippen LogP contribution is 2.09. The van der Waals surface area contributed by atoms with Gasteiger partial charge < -0.3 is 19.3 Å². The van der Waals surface area contributed by atoms with E-state index in [0.29, 0.717) is 0 Å². The first-order valence-electron chi connectivity index (χ1n) is 8.36. The van der Waals surface area contributed by atoms with Crippen molar-refractivity contribution in [1.29, 1.82) is 0 Å². The van der Waals surface area contributed by atoms with Gasteiger partial charge in [-0.2, -0.15) is 0 Å². The fourth-order valence-electron chi connectivity index (χ4n) is 3.02. The van der Waals surface area contributed by atoms with Crippen molar-refractivity contribution >= 4 is 29.9 Å². The molecular formula is C17H27IN6O. The van der Waals surface area contributed by atoms with Crippen molar-refractivity contribution in [2.45, 2.75) is 20.0 Å². The van der Waals surface area contributed by atoms with Gasteiger partial charge in [0.05, 0.1) is 12.2 Å². The molecule has 8 heteroatoms. The molecule has 1 fully saturated rings. The van der Waals surface area contributed by atoms with Crippen molar-refractivity contribution in [1.82, 2.24) is 24.8 Å². The summed E-state index contributed by atoms with van der Waals surface area (Å²) in [6.07, 6.45) is 2.06. The van der Waals surface area contributed by atoms with Gasteiger partial charge in [0, 0.05) is 64.8 Å². The van der Waals surface area contributed by atoms with Crippen LogP contribution in [0.3, 0.4) is 0 Å². The van der Waals surface area contributed by atoms with Crippen molar-refractivity contribution in [3.05, 3.63) is 41.5 Å². The van der Waals surface area contributed by atoms with E-state index in [9.17, 15) is 0 Å². The molecule has 1 aliphatic heterocycles. The predicted octanol–water partition coefficient (Wildman–Crippen LogP) is 1.83. The lowest BCUT2D eigenvalue weighted by Crippen LogP contribution is -2.52. The van der Waals surface area contributed by atoms with E-state index in [1.54, 1.807) is 0 Å². The molecular weight excluding hydrogens is 431 g/mol. The zero-order valence-electron chi connectivity index (χ0n) is 15.1. The summed E-state index contributed by atoms with van der Waals surface area (Å²) in [6, 6.07) is 6.19. The van der Waals surface area contributed by atoms with E-state index in [2.05, 4.69) is 55.2 Å². The number of piperazine rings is 1. The van der Waals surface area contributed by atoms with Gasteiger partial charge in [0.2, 0.25) is 0 Å². The van der Waals surface area contributed by atoms with Crippen molar-refractivity contribution in [3.63, 3.8) is 0 Å². The van der Waals surface area contributed by atoms with Crippen molar-refractivity contribution < 1.29 is 4.52 Å². The normalized spacial score (nSPS) is 16.0. The quantitative estimate of drug-likeness (QED) is 0.431. The molecule has 3 heterocycles. The minimum absolute atomic E-state index is 0. The van der Waals surface area contributed by atoms with E-state index in [1.165, 1.54) is 5.69 Å². The first kappa shape index (κ1) is 19.8. The summed E-state index contributed by atoms with van der Waals surface area (Å²) in [5.41, 5.74) is 2.25. The molecule has 1 N–H and O–H groups in total. The topological polar surface area (TPSA) is 61.8 Å². The fraction of sp³-hybridized carbons (Fsp3) is 0.529. The standard InChI is InChI=1S/C17H26N6O.HI/c1-14-11-15(20-24-14)13-22-7-9-23(10-8-22)17(18-2)19-12-16-5-4-6-21(16)3;/h4-6,11H,7-10,12-13H2,1-3H3,(H,18,19);1H. The minimum atomic E-state index is 0. The summed E-state index contributed by atoms with van der Waals surface area (Å²) < 4.78 is 7.26. The molecule has 0 saturated carbocycles. The second-order valence-electron chi connectivity index (χ2n) is 6.20. The summed E-state index contributed by atoms with van der Waals surface area (Å²) in [5, 5.41) is 7.54. The Hall–Kier alpha value is -1.55. The monoisotopic (exact) mass is 458 g/mol. The zero-order valence-corrected chi connectivity index (χ0v) is 17.4. The molecule has 0 unspecified atom stereocenters. The molecule has 3 rings (SSSR count). The van der Waals surface area contributed by atoms with Crippen molar-refractivity contribution in [2.24, 2.45) is 12.0 Å². The largest absolute Gasteiger partial charge is 0.361 e. The maximum atomic E-state index is 5.14. The molecule has 1 aliphatic rings. The Morgan fingerprint density at radius 3 is 2.64 bits per heavy atom. The first-order valence-corrected chi connectivity index (χ1v) is 8.36. The van der Waals surface area contributed by atoms with Crippen LogP contribution >= 0.6 is 24.0 Å². The van der Waals surface area contributed by atoms with Gasteiger partial charge in [0.25, 0.3) is 0 Å². The maximum Gasteiger partial charge on any atom is 0.194 e. The second kappa shape index (κ2) is 9.23. The third kappa shape index (κ3) is 5.21. The first-order chi connectivity index (χ1) is 11.7. The van der Waals surface area contributed by atoms with Crippen LogP contribution < -0.4 is 5.32 Å². The average Bonchev–Trinajstić information content (AvgIpc) is 3.18. The van der Waals surface area contributed by atoms with E-state index >= 15 is 0 Å². The maximum absolute atomic E-state index is 5.14. The Kier molecular flexibility index (Phi) is 7.30. The lowest BCUT2D eigenvalue weighted by atomic mass is 10.3. The van der Waals surface area contributed by atoms with E-state index in [-0.39, 0.29) is 24.0 Å². The molecule has 1 saturated heterocycles. The van der Waals surface area contributed by atoms with E-state index in [4.69, 9.17) is 4.52 Å². The van der Waals surface area contributed by atoms with Gasteiger partial charge >= 0.3 is 0 Å². The molecule has 138 valence electrons. The van der Waals surface area contributed by atoms with Crippen LogP contribution in [-0.2, 0) is 20.1 Å². The number of nitrogens with one attached hydrogen (secondary N) is 1. The van der Waals surface area contributed by atoms with Crippen LogP contribution in [0.1, 0.15) is 17.1 Å². The van der Waals surface area contributed by atoms with Crippen molar-refractivity contribution in [2.75, 3.05) is 33.2 Å². The SMILES string of the molecule is CN=C(NCc1cccn1C)N1CCN(Cc2cc(C)on2)CC1.I. The van der Waals surface area contributed by atoms with E-state index in [1.807, 2.05) is 20.0 Å². The van der Waals surface area contributed by atoms with Crippen LogP contribution in [0, 0.1) is 6.92 Å². The number of nitrogens with zero attached hydrogens (tertiary/aromatic N) is 5. The fourth-order valence-corrected chi connectivity index (χ4v) is 3.02. The van der Waals surface area contributed by atoms with E-state index < -0.39 is 0 Å². The third-order valence-electron chi connectivity index (χ3n) is 4.42. The molecule has 2 aromatic heterocycles. The van der Waals surface area contributed by atoms with Crippen LogP contribution in [0.25, 0.3) is 0 Å². The second-order valence-corrected chi connectivity index (χ2v) is 6.20. The number of guanidine groups is 1. The van der Waals surface area contributed by atoms with Gasteiger partial charge in [-0.1, -0.05) is 5.16 Å². The molecule has 0 amide bonds. The Labute approximate surface area is 166 Å². The number of aromatic nitrogens is 2. The van der Waals surface area contributed by atoms with Crippen LogP contribution in [0.4, 0.5) is 0 Å². The van der Waals surface area contributed by atoms with E-state index in [0.717, 1.165) is 56.7 Å². The Morgan fingerprint density at radius 2 is 2.08 bits per heavy atom. The number of aliphatic imine (C=N–C) groups is 1. The average molecular weight is 458 g/mol. The highest BCUT2D eigenvalue weighted by molar-refractivity contribution is 14.0. The lowest BCUT2D eigenvalue weighted by molar-refractivity contribution is 0.169. The van der Waals surface area contributed by atoms with Crippen LogP contribution in [0.5, 0.6) is 0 Å². The Balaban J connectivity index is 0.00000225. The summed E-state index contributed by atoms with van der Waals surface area (Å²) in [4.78, 5) is 9.14. The summed E-state index contributed by atoms with van der Waals surface area (Å²) >= 11 is 0. The number of rotatable bonds is 4. The van der Waals surface area contributed by atoms with Gasteiger partial charge in [0.15, 0.2) is 5.96 Å². The Morgan fingerprint density at radius 1 is 1.32 bits per heavy atom. The zero-order chi connectivity index (χ0) is 16.9. The highest BCUT2D eigenvalue weighted by atomic mass is 127. The lowest BCUT2D eigenvalue weighted by Gasteiger charge is -2.36. The molecule has 0 spiro atoms. The van der Waals surface area contributed by atoms with Gasteiger partial charge in [-0.25, -0.2) is 0 Å². The smallest absolute Gasteiger partial charge is 0.194 e. The van der Waals surface area contributed by atoms with Gasteiger partial charge in [-0.3, -0.25) is 9.89 Å². The molecule has 0 radical (unpaired) electrons. The Bertz CT molecular complexity index is 687. The van der Waals surface area contributed by atoms with Gasteiger partial charge in [-0.05, 0) is 19.1 Å².